The first-order valence-corrected chi connectivity index (χ1v) is 7.72. The average molecular weight is 297 g/mol. The molecule has 1 saturated heterocycles. The average Bonchev–Trinajstić information content (AvgIpc) is 3.12. The van der Waals surface area contributed by atoms with Crippen molar-refractivity contribution in [3.8, 4) is 5.75 Å². The van der Waals surface area contributed by atoms with Gasteiger partial charge in [0.25, 0.3) is 0 Å². The van der Waals surface area contributed by atoms with Crippen LogP contribution in [0.15, 0.2) is 42.5 Å². The maximum atomic E-state index is 10.1. The number of nitrogens with two attached hydrogens (primary N) is 1. The quantitative estimate of drug-likeness (QED) is 0.730. The van der Waals surface area contributed by atoms with Crippen molar-refractivity contribution >= 4 is 32.4 Å². The van der Waals surface area contributed by atoms with Gasteiger partial charge in [0.05, 0.1) is 10.7 Å². The van der Waals surface area contributed by atoms with Crippen molar-refractivity contribution in [2.24, 2.45) is 0 Å². The highest BCUT2D eigenvalue weighted by Crippen LogP contribution is 2.39. The van der Waals surface area contributed by atoms with Gasteiger partial charge in [0.2, 0.25) is 0 Å². The number of aromatic nitrogens is 1. The number of anilines is 2. The Morgan fingerprint density at radius 2 is 2.10 bits per heavy atom. The number of nitrogens with zero attached hydrogens (tertiary/aromatic N) is 2. The van der Waals surface area contributed by atoms with Crippen LogP contribution in [0.2, 0.25) is 0 Å². The van der Waals surface area contributed by atoms with E-state index in [1.54, 1.807) is 6.07 Å². The number of fused-ring (bicyclic) bond motifs is 1. The van der Waals surface area contributed by atoms with Crippen LogP contribution < -0.4 is 10.6 Å². The van der Waals surface area contributed by atoms with E-state index in [1.807, 2.05) is 6.07 Å². The van der Waals surface area contributed by atoms with E-state index in [0.29, 0.717) is 16.7 Å². The van der Waals surface area contributed by atoms with E-state index in [2.05, 4.69) is 40.2 Å². The van der Waals surface area contributed by atoms with E-state index < -0.39 is 0 Å². The van der Waals surface area contributed by atoms with Gasteiger partial charge in [-0.05, 0) is 18.1 Å². The highest BCUT2D eigenvalue weighted by atomic mass is 32.1. The van der Waals surface area contributed by atoms with Crippen LogP contribution in [0.4, 0.5) is 10.8 Å². The molecule has 0 bridgehead atoms. The lowest BCUT2D eigenvalue weighted by Crippen LogP contribution is -2.02. The Bertz CT molecular complexity index is 800. The van der Waals surface area contributed by atoms with Crippen LogP contribution >= 0.6 is 11.3 Å². The van der Waals surface area contributed by atoms with Crippen molar-refractivity contribution in [3.05, 3.63) is 48.0 Å². The van der Waals surface area contributed by atoms with Gasteiger partial charge in [0, 0.05) is 18.3 Å². The maximum Gasteiger partial charge on any atom is 0.181 e. The molecule has 1 unspecified atom stereocenters. The molecule has 106 valence electrons. The van der Waals surface area contributed by atoms with Crippen LogP contribution in [0.1, 0.15) is 5.56 Å². The Kier molecular flexibility index (Phi) is 2.75. The van der Waals surface area contributed by atoms with Gasteiger partial charge in [0.15, 0.2) is 5.13 Å². The lowest BCUT2D eigenvalue weighted by molar-refractivity contribution is 0.480. The maximum absolute atomic E-state index is 10.1. The zero-order chi connectivity index (χ0) is 14.4. The first kappa shape index (κ1) is 12.5. The predicted octanol–water partition coefficient (Wildman–Crippen LogP) is 3.02. The van der Waals surface area contributed by atoms with Gasteiger partial charge in [-0.2, -0.15) is 0 Å². The second-order valence-electron chi connectivity index (χ2n) is 5.36. The molecule has 21 heavy (non-hydrogen) atoms. The number of phenolic OH excluding ortho intramolecular Hbond substituents is 1. The molecule has 2 heterocycles. The topological polar surface area (TPSA) is 62.1 Å². The zero-order valence-electron chi connectivity index (χ0n) is 11.4. The highest BCUT2D eigenvalue weighted by Gasteiger charge is 2.34. The molecule has 2 aromatic carbocycles. The van der Waals surface area contributed by atoms with Crippen LogP contribution in [-0.2, 0) is 6.42 Å². The molecule has 1 aromatic heterocycles. The normalized spacial score (nSPS) is 17.3. The van der Waals surface area contributed by atoms with Gasteiger partial charge in [-0.15, -0.1) is 0 Å². The Balaban J connectivity index is 1.58. The Morgan fingerprint density at radius 3 is 2.90 bits per heavy atom. The monoisotopic (exact) mass is 297 g/mol. The third-order valence-electron chi connectivity index (χ3n) is 3.84. The number of benzene rings is 2. The van der Waals surface area contributed by atoms with Gasteiger partial charge in [-0.25, -0.2) is 4.98 Å². The molecule has 4 nitrogen and oxygen atoms in total. The van der Waals surface area contributed by atoms with Crippen molar-refractivity contribution in [1.29, 1.82) is 0 Å². The summed E-state index contributed by atoms with van der Waals surface area (Å²) in [4.78, 5) is 6.44. The van der Waals surface area contributed by atoms with E-state index in [0.717, 1.165) is 23.4 Å². The van der Waals surface area contributed by atoms with Gasteiger partial charge in [-0.1, -0.05) is 41.7 Å². The van der Waals surface area contributed by atoms with Crippen molar-refractivity contribution in [2.75, 3.05) is 17.2 Å². The summed E-state index contributed by atoms with van der Waals surface area (Å²) in [5.74, 6) is 0.209. The molecule has 3 aromatic rings. The summed E-state index contributed by atoms with van der Waals surface area (Å²) in [6, 6.07) is 14.8. The minimum atomic E-state index is 0.209. The van der Waals surface area contributed by atoms with Crippen molar-refractivity contribution < 1.29 is 5.11 Å². The molecule has 1 fully saturated rings. The zero-order valence-corrected chi connectivity index (χ0v) is 12.2. The summed E-state index contributed by atoms with van der Waals surface area (Å²) in [5, 5.41) is 10.6. The number of hydrogen-bond donors (Lipinski definition) is 2. The van der Waals surface area contributed by atoms with E-state index >= 15 is 0 Å². The molecular weight excluding hydrogens is 282 g/mol. The van der Waals surface area contributed by atoms with Gasteiger partial charge in [0.1, 0.15) is 11.3 Å². The number of phenols is 1. The molecule has 1 atom stereocenters. The molecule has 1 aliphatic heterocycles. The van der Waals surface area contributed by atoms with Crippen LogP contribution in [-0.4, -0.2) is 22.7 Å². The van der Waals surface area contributed by atoms with Crippen LogP contribution in [0.5, 0.6) is 5.75 Å². The summed E-state index contributed by atoms with van der Waals surface area (Å²) >= 11 is 1.41. The van der Waals surface area contributed by atoms with Crippen LogP contribution in [0.3, 0.4) is 0 Å². The first-order chi connectivity index (χ1) is 10.2. The number of aromatic hydroxyl groups is 1. The molecule has 1 aliphatic rings. The third-order valence-corrected chi connectivity index (χ3v) is 4.67. The smallest absolute Gasteiger partial charge is 0.181 e. The fourth-order valence-corrected chi connectivity index (χ4v) is 3.53. The standard InChI is InChI=1S/C16H15N3OS/c17-16-18-15-13(20)7-11(8-14(15)21-16)19-9-12(19)6-10-4-2-1-3-5-10/h1-5,7-8,12,20H,6,9H2,(H2,17,18). The number of thiazole rings is 1. The molecule has 5 heteroatoms. The second kappa shape index (κ2) is 4.63. The lowest BCUT2D eigenvalue weighted by Gasteiger charge is -2.07. The summed E-state index contributed by atoms with van der Waals surface area (Å²) in [6.45, 7) is 1.02. The second-order valence-corrected chi connectivity index (χ2v) is 6.42. The Hall–Kier alpha value is -2.27. The summed E-state index contributed by atoms with van der Waals surface area (Å²) in [5.41, 5.74) is 8.70. The summed E-state index contributed by atoms with van der Waals surface area (Å²) in [6.07, 6.45) is 1.03. The van der Waals surface area contributed by atoms with E-state index in [4.69, 9.17) is 5.73 Å². The fraction of sp³-hybridized carbons (Fsp3) is 0.188. The summed E-state index contributed by atoms with van der Waals surface area (Å²) < 4.78 is 0.938. The van der Waals surface area contributed by atoms with Crippen LogP contribution in [0, 0.1) is 0 Å². The number of rotatable bonds is 3. The minimum Gasteiger partial charge on any atom is -0.506 e. The molecule has 0 amide bonds. The number of nitrogen functional groups attached to an aromatic ring is 1. The first-order valence-electron chi connectivity index (χ1n) is 6.90. The molecule has 0 spiro atoms. The highest BCUT2D eigenvalue weighted by molar-refractivity contribution is 7.22. The van der Waals surface area contributed by atoms with Gasteiger partial charge >= 0.3 is 0 Å². The van der Waals surface area contributed by atoms with E-state index in [-0.39, 0.29) is 5.75 Å². The molecular formula is C16H15N3OS. The van der Waals surface area contributed by atoms with Crippen LogP contribution in [0.25, 0.3) is 10.2 Å². The molecule has 4 rings (SSSR count). The minimum absolute atomic E-state index is 0.209. The SMILES string of the molecule is Nc1nc2c(O)cc(N3CC3Cc3ccccc3)cc2s1. The Morgan fingerprint density at radius 1 is 1.29 bits per heavy atom. The molecule has 3 N–H and O–H groups in total. The third kappa shape index (κ3) is 2.29. The predicted molar refractivity (Wildman–Crippen MR) is 87.0 cm³/mol. The van der Waals surface area contributed by atoms with Crippen molar-refractivity contribution in [2.45, 2.75) is 12.5 Å². The molecule has 0 aliphatic carbocycles. The van der Waals surface area contributed by atoms with E-state index in [9.17, 15) is 5.11 Å². The van der Waals surface area contributed by atoms with E-state index in [1.165, 1.54) is 16.9 Å². The Labute approximate surface area is 126 Å². The lowest BCUT2D eigenvalue weighted by atomic mass is 10.1. The van der Waals surface area contributed by atoms with Crippen molar-refractivity contribution in [1.82, 2.24) is 4.98 Å². The molecule has 0 radical (unpaired) electrons. The van der Waals surface area contributed by atoms with Gasteiger partial charge < -0.3 is 15.7 Å². The molecule has 0 saturated carbocycles. The van der Waals surface area contributed by atoms with Crippen molar-refractivity contribution in [3.63, 3.8) is 0 Å². The fourth-order valence-electron chi connectivity index (χ4n) is 2.74. The summed E-state index contributed by atoms with van der Waals surface area (Å²) in [7, 11) is 0. The largest absolute Gasteiger partial charge is 0.506 e. The van der Waals surface area contributed by atoms with Gasteiger partial charge in [-0.3, -0.25) is 0 Å². The number of hydrogen-bond acceptors (Lipinski definition) is 5.